The minimum atomic E-state index is -1.13. The van der Waals surface area contributed by atoms with Crippen LogP contribution in [0.2, 0.25) is 5.02 Å². The molecule has 206 valence electrons. The fraction of sp³-hybridized carbons (Fsp3) is 0.241. The highest BCUT2D eigenvalue weighted by Gasteiger charge is 2.21. The predicted molar refractivity (Wildman–Crippen MR) is 156 cm³/mol. The zero-order valence-electron chi connectivity index (χ0n) is 21.7. The Morgan fingerprint density at radius 2 is 1.90 bits per heavy atom. The molecule has 5 N–H and O–H groups in total. The lowest BCUT2D eigenvalue weighted by Gasteiger charge is -2.32. The second-order valence-corrected chi connectivity index (χ2v) is 10.0. The van der Waals surface area contributed by atoms with Crippen LogP contribution in [0.3, 0.4) is 0 Å². The van der Waals surface area contributed by atoms with Gasteiger partial charge in [-0.05, 0) is 36.6 Å². The molecule has 0 aliphatic carbocycles. The van der Waals surface area contributed by atoms with Gasteiger partial charge in [0.05, 0.1) is 16.9 Å². The van der Waals surface area contributed by atoms with E-state index in [1.165, 1.54) is 12.2 Å². The van der Waals surface area contributed by atoms with Crippen molar-refractivity contribution < 1.29 is 14.7 Å². The summed E-state index contributed by atoms with van der Waals surface area (Å²) in [5.41, 5.74) is 4.54. The summed E-state index contributed by atoms with van der Waals surface area (Å²) in [6.07, 6.45) is 7.15. The van der Waals surface area contributed by atoms with E-state index >= 15 is 0 Å². The van der Waals surface area contributed by atoms with Gasteiger partial charge in [0.1, 0.15) is 0 Å². The molecule has 1 aliphatic rings. The fourth-order valence-electron chi connectivity index (χ4n) is 4.76. The number of carboxylic acid groups (broad SMARTS) is 1. The van der Waals surface area contributed by atoms with Gasteiger partial charge in [-0.1, -0.05) is 48.0 Å². The Bertz CT molecular complexity index is 1510. The molecule has 2 aromatic carbocycles. The van der Waals surface area contributed by atoms with Crippen LogP contribution in [-0.4, -0.2) is 62.6 Å². The number of nitrogens with one attached hydrogen (secondary N) is 4. The summed E-state index contributed by atoms with van der Waals surface area (Å²) >= 11 is 6.48. The van der Waals surface area contributed by atoms with E-state index in [0.29, 0.717) is 22.4 Å². The molecular formula is C29H30ClN7O3. The smallest absolute Gasteiger partial charge is 0.404 e. The maximum Gasteiger partial charge on any atom is 0.404 e. The number of carbonyl (C=O) groups excluding carboxylic acids is 1. The largest absolute Gasteiger partial charge is 0.465 e. The van der Waals surface area contributed by atoms with Gasteiger partial charge in [0.2, 0.25) is 11.9 Å². The van der Waals surface area contributed by atoms with Crippen LogP contribution in [0, 0.1) is 0 Å². The molecule has 0 radical (unpaired) electrons. The second kappa shape index (κ2) is 12.6. The predicted octanol–water partition coefficient (Wildman–Crippen LogP) is 5.12. The van der Waals surface area contributed by atoms with Crippen molar-refractivity contribution in [3.05, 3.63) is 83.7 Å². The van der Waals surface area contributed by atoms with E-state index in [4.69, 9.17) is 21.7 Å². The highest BCUT2D eigenvalue weighted by atomic mass is 35.5. The van der Waals surface area contributed by atoms with E-state index in [0.717, 1.165) is 54.5 Å². The van der Waals surface area contributed by atoms with Gasteiger partial charge >= 0.3 is 6.09 Å². The number of hydrogen-bond donors (Lipinski definition) is 5. The quantitative estimate of drug-likeness (QED) is 0.180. The third-order valence-corrected chi connectivity index (χ3v) is 7.05. The molecule has 2 amide bonds. The van der Waals surface area contributed by atoms with Gasteiger partial charge < -0.3 is 26.0 Å². The van der Waals surface area contributed by atoms with E-state index in [-0.39, 0.29) is 18.5 Å². The van der Waals surface area contributed by atoms with Crippen LogP contribution in [-0.2, 0) is 11.3 Å². The Hall–Kier alpha value is -4.41. The first-order valence-corrected chi connectivity index (χ1v) is 13.4. The van der Waals surface area contributed by atoms with Crippen molar-refractivity contribution >= 4 is 46.1 Å². The highest BCUT2D eigenvalue weighted by molar-refractivity contribution is 6.33. The number of H-pyrrole nitrogens is 1. The van der Waals surface area contributed by atoms with Crippen molar-refractivity contribution in [2.24, 2.45) is 0 Å². The van der Waals surface area contributed by atoms with Gasteiger partial charge in [-0.15, -0.1) is 0 Å². The summed E-state index contributed by atoms with van der Waals surface area (Å²) in [6, 6.07) is 16.1. The zero-order valence-corrected chi connectivity index (χ0v) is 22.5. The molecule has 40 heavy (non-hydrogen) atoms. The molecule has 1 fully saturated rings. The number of likely N-dealkylation sites (tertiary alicyclic amines) is 1. The van der Waals surface area contributed by atoms with Crippen LogP contribution >= 0.6 is 11.6 Å². The normalized spacial score (nSPS) is 14.4. The Morgan fingerprint density at radius 1 is 1.12 bits per heavy atom. The molecule has 0 unspecified atom stereocenters. The molecular weight excluding hydrogens is 530 g/mol. The number of anilines is 2. The monoisotopic (exact) mass is 559 g/mol. The molecule has 0 bridgehead atoms. The van der Waals surface area contributed by atoms with Crippen molar-refractivity contribution in [1.82, 2.24) is 25.2 Å². The van der Waals surface area contributed by atoms with Gasteiger partial charge in [0.25, 0.3) is 0 Å². The van der Waals surface area contributed by atoms with Crippen LogP contribution in [0.4, 0.5) is 16.4 Å². The molecule has 0 spiro atoms. The van der Waals surface area contributed by atoms with Crippen LogP contribution < -0.4 is 16.0 Å². The number of amides is 2. The van der Waals surface area contributed by atoms with E-state index in [1.54, 1.807) is 6.20 Å². The number of halogens is 1. The number of piperidine rings is 1. The summed E-state index contributed by atoms with van der Waals surface area (Å²) in [5, 5.41) is 18.6. The molecule has 11 heteroatoms. The van der Waals surface area contributed by atoms with Crippen molar-refractivity contribution in [3.63, 3.8) is 0 Å². The third kappa shape index (κ3) is 6.96. The van der Waals surface area contributed by atoms with Crippen molar-refractivity contribution in [2.75, 3.05) is 30.3 Å². The number of rotatable bonds is 9. The Balaban J connectivity index is 1.11. The van der Waals surface area contributed by atoms with Gasteiger partial charge in [-0.25, -0.2) is 14.8 Å². The molecule has 1 saturated heterocycles. The van der Waals surface area contributed by atoms with E-state index < -0.39 is 6.09 Å². The van der Waals surface area contributed by atoms with Gasteiger partial charge in [0.15, 0.2) is 0 Å². The Kier molecular flexibility index (Phi) is 8.58. The number of para-hydroxylation sites is 1. The van der Waals surface area contributed by atoms with Crippen LogP contribution in [0.25, 0.3) is 22.2 Å². The van der Waals surface area contributed by atoms with Crippen molar-refractivity contribution in [3.8, 4) is 11.3 Å². The minimum absolute atomic E-state index is 0.0761. The van der Waals surface area contributed by atoms with Crippen LogP contribution in [0.5, 0.6) is 0 Å². The minimum Gasteiger partial charge on any atom is -0.465 e. The SMILES string of the molecule is O=C(O)NCC=CC(=O)Nc1ccc(CN2CCC(Nc3ncc(Cl)c(-c4c[nH]c5ccccc45)n3)CC2)cc1. The topological polar surface area (TPSA) is 135 Å². The number of aromatic amines is 1. The van der Waals surface area contributed by atoms with E-state index in [9.17, 15) is 9.59 Å². The number of aromatic nitrogens is 3. The van der Waals surface area contributed by atoms with Crippen molar-refractivity contribution in [1.29, 1.82) is 0 Å². The number of benzene rings is 2. The third-order valence-electron chi connectivity index (χ3n) is 6.78. The van der Waals surface area contributed by atoms with Crippen LogP contribution in [0.1, 0.15) is 18.4 Å². The average Bonchev–Trinajstić information content (AvgIpc) is 3.38. The lowest BCUT2D eigenvalue weighted by molar-refractivity contribution is -0.111. The molecule has 0 saturated carbocycles. The summed E-state index contributed by atoms with van der Waals surface area (Å²) in [5.74, 6) is 0.265. The number of hydrogen-bond acceptors (Lipinski definition) is 6. The number of carbonyl (C=O) groups is 2. The first kappa shape index (κ1) is 27.2. The van der Waals surface area contributed by atoms with E-state index in [2.05, 4.69) is 36.9 Å². The van der Waals surface area contributed by atoms with Gasteiger partial charge in [0, 0.05) is 66.6 Å². The molecule has 5 rings (SSSR count). The molecule has 4 aromatic rings. The molecule has 0 atom stereocenters. The Morgan fingerprint density at radius 3 is 2.67 bits per heavy atom. The number of nitrogens with zero attached hydrogens (tertiary/aromatic N) is 3. The average molecular weight is 560 g/mol. The molecule has 10 nitrogen and oxygen atoms in total. The Labute approximate surface area is 236 Å². The summed E-state index contributed by atoms with van der Waals surface area (Å²) in [4.78, 5) is 37.3. The highest BCUT2D eigenvalue weighted by Crippen LogP contribution is 2.32. The first-order chi connectivity index (χ1) is 19.4. The molecule has 3 heterocycles. The maximum atomic E-state index is 12.0. The first-order valence-electron chi connectivity index (χ1n) is 13.1. The number of fused-ring (bicyclic) bond motifs is 1. The lowest BCUT2D eigenvalue weighted by Crippen LogP contribution is -2.39. The summed E-state index contributed by atoms with van der Waals surface area (Å²) < 4.78 is 0. The zero-order chi connectivity index (χ0) is 27.9. The lowest BCUT2D eigenvalue weighted by atomic mass is 10.0. The molecule has 1 aliphatic heterocycles. The van der Waals surface area contributed by atoms with Gasteiger partial charge in [-0.2, -0.15) is 0 Å². The van der Waals surface area contributed by atoms with Crippen molar-refractivity contribution in [2.45, 2.75) is 25.4 Å². The summed E-state index contributed by atoms with van der Waals surface area (Å²) in [6.45, 7) is 2.78. The second-order valence-electron chi connectivity index (χ2n) is 9.61. The van der Waals surface area contributed by atoms with Crippen LogP contribution in [0.15, 0.2) is 73.1 Å². The maximum absolute atomic E-state index is 12.0. The molecule has 2 aromatic heterocycles. The van der Waals surface area contributed by atoms with Gasteiger partial charge in [-0.3, -0.25) is 9.69 Å². The standard InChI is InChI=1S/C29H30ClN7O3/c30-24-17-33-28(36-27(24)23-16-32-25-5-2-1-4-22(23)25)35-21-11-14-37(15-12-21)18-19-7-9-20(10-8-19)34-26(38)6-3-13-31-29(39)40/h1-10,16-17,21,31-32H,11-15,18H2,(H,34,38)(H,39,40)(H,33,35,36). The van der Waals surface area contributed by atoms with E-state index in [1.807, 2.05) is 48.7 Å². The summed E-state index contributed by atoms with van der Waals surface area (Å²) in [7, 11) is 0. The fourth-order valence-corrected chi connectivity index (χ4v) is 4.95.